The molecule has 0 radical (unpaired) electrons. The number of aliphatic hydroxyl groups is 2. The fourth-order valence-corrected chi connectivity index (χ4v) is 2.21. The summed E-state index contributed by atoms with van der Waals surface area (Å²) in [6, 6.07) is 1.93. The lowest BCUT2D eigenvalue weighted by atomic mass is 10.3. The van der Waals surface area contributed by atoms with Crippen molar-refractivity contribution in [3.05, 3.63) is 22.7 Å². The maximum atomic E-state index is 8.91. The number of hydrogen-bond donors (Lipinski definition) is 2. The van der Waals surface area contributed by atoms with Gasteiger partial charge in [0.25, 0.3) is 0 Å². The summed E-state index contributed by atoms with van der Waals surface area (Å²) in [5.41, 5.74) is 0.936. The summed E-state index contributed by atoms with van der Waals surface area (Å²) < 4.78 is 5.15. The Bertz CT molecular complexity index is 452. The normalized spacial score (nSPS) is 11.3. The molecule has 0 spiro atoms. The Balaban J connectivity index is 2.01. The molecule has 0 bridgehead atoms. The van der Waals surface area contributed by atoms with Gasteiger partial charge in [-0.05, 0) is 11.4 Å². The number of aromatic nitrogens is 2. The van der Waals surface area contributed by atoms with Crippen molar-refractivity contribution >= 4 is 11.3 Å². The first kappa shape index (κ1) is 13.2. The summed E-state index contributed by atoms with van der Waals surface area (Å²) in [4.78, 5) is 6.13. The Morgan fingerprint density at radius 2 is 2.06 bits per heavy atom. The van der Waals surface area contributed by atoms with Crippen molar-refractivity contribution in [1.29, 1.82) is 0 Å². The molecule has 0 aliphatic heterocycles. The molecule has 2 aromatic heterocycles. The monoisotopic (exact) mass is 269 g/mol. The molecule has 7 heteroatoms. The van der Waals surface area contributed by atoms with Crippen molar-refractivity contribution in [1.82, 2.24) is 15.0 Å². The van der Waals surface area contributed by atoms with E-state index in [9.17, 15) is 0 Å². The molecule has 6 nitrogen and oxygen atoms in total. The standard InChI is InChI=1S/C11H15N3O3S/c15-4-2-14(3-5-16)7-10-12-11(13-17-10)9-1-6-18-8-9/h1,6,8,15-16H,2-5,7H2. The second-order valence-electron chi connectivity index (χ2n) is 3.75. The van der Waals surface area contributed by atoms with Crippen molar-refractivity contribution in [2.75, 3.05) is 26.3 Å². The highest BCUT2D eigenvalue weighted by atomic mass is 32.1. The number of aliphatic hydroxyl groups excluding tert-OH is 2. The smallest absolute Gasteiger partial charge is 0.241 e. The van der Waals surface area contributed by atoms with E-state index in [-0.39, 0.29) is 13.2 Å². The molecule has 0 saturated heterocycles. The molecule has 0 unspecified atom stereocenters. The van der Waals surface area contributed by atoms with Gasteiger partial charge in [-0.3, -0.25) is 4.90 Å². The minimum Gasteiger partial charge on any atom is -0.395 e. The van der Waals surface area contributed by atoms with Crippen LogP contribution in [0.3, 0.4) is 0 Å². The van der Waals surface area contributed by atoms with Gasteiger partial charge in [0.2, 0.25) is 11.7 Å². The van der Waals surface area contributed by atoms with Gasteiger partial charge in [-0.2, -0.15) is 16.3 Å². The summed E-state index contributed by atoms with van der Waals surface area (Å²) in [6.45, 7) is 1.43. The van der Waals surface area contributed by atoms with Crippen molar-refractivity contribution in [3.63, 3.8) is 0 Å². The highest BCUT2D eigenvalue weighted by molar-refractivity contribution is 7.08. The molecule has 0 saturated carbocycles. The van der Waals surface area contributed by atoms with Gasteiger partial charge < -0.3 is 14.7 Å². The van der Waals surface area contributed by atoms with E-state index < -0.39 is 0 Å². The Labute approximate surface area is 108 Å². The van der Waals surface area contributed by atoms with Crippen LogP contribution in [-0.4, -0.2) is 51.6 Å². The third-order valence-electron chi connectivity index (χ3n) is 2.44. The minimum absolute atomic E-state index is 0.0333. The highest BCUT2D eigenvalue weighted by Crippen LogP contribution is 2.18. The molecule has 0 atom stereocenters. The maximum Gasteiger partial charge on any atom is 0.241 e. The predicted molar refractivity (Wildman–Crippen MR) is 67.1 cm³/mol. The van der Waals surface area contributed by atoms with Crippen LogP contribution in [-0.2, 0) is 6.54 Å². The van der Waals surface area contributed by atoms with Gasteiger partial charge in [0.15, 0.2) is 0 Å². The number of thiophene rings is 1. The summed E-state index contributed by atoms with van der Waals surface area (Å²) in [5.74, 6) is 1.05. The SMILES string of the molecule is OCCN(CCO)Cc1nc(-c2ccsc2)no1. The van der Waals surface area contributed by atoms with E-state index in [0.29, 0.717) is 31.3 Å². The summed E-state index contributed by atoms with van der Waals surface area (Å²) in [7, 11) is 0. The Morgan fingerprint density at radius 3 is 2.67 bits per heavy atom. The van der Waals surface area contributed by atoms with Gasteiger partial charge in [0, 0.05) is 24.0 Å². The number of nitrogens with zero attached hydrogens (tertiary/aromatic N) is 3. The van der Waals surface area contributed by atoms with E-state index in [2.05, 4.69) is 10.1 Å². The van der Waals surface area contributed by atoms with Crippen LogP contribution in [0.2, 0.25) is 0 Å². The van der Waals surface area contributed by atoms with Crippen LogP contribution in [0.15, 0.2) is 21.3 Å². The van der Waals surface area contributed by atoms with Gasteiger partial charge in [0.1, 0.15) is 0 Å². The first-order valence-corrected chi connectivity index (χ1v) is 6.57. The van der Waals surface area contributed by atoms with Crippen LogP contribution in [0, 0.1) is 0 Å². The molecule has 0 aliphatic rings. The van der Waals surface area contributed by atoms with Crippen molar-refractivity contribution < 1.29 is 14.7 Å². The van der Waals surface area contributed by atoms with E-state index in [1.165, 1.54) is 0 Å². The van der Waals surface area contributed by atoms with Gasteiger partial charge in [-0.15, -0.1) is 0 Å². The van der Waals surface area contributed by atoms with Crippen LogP contribution >= 0.6 is 11.3 Å². The summed E-state index contributed by atoms with van der Waals surface area (Å²) >= 11 is 1.58. The maximum absolute atomic E-state index is 8.91. The fraction of sp³-hybridized carbons (Fsp3) is 0.455. The summed E-state index contributed by atoms with van der Waals surface area (Å²) in [6.07, 6.45) is 0. The fourth-order valence-electron chi connectivity index (χ4n) is 1.57. The summed E-state index contributed by atoms with van der Waals surface area (Å²) in [5, 5.41) is 25.6. The van der Waals surface area contributed by atoms with Crippen LogP contribution < -0.4 is 0 Å². The van der Waals surface area contributed by atoms with Gasteiger partial charge >= 0.3 is 0 Å². The largest absolute Gasteiger partial charge is 0.395 e. The van der Waals surface area contributed by atoms with Crippen LogP contribution in [0.25, 0.3) is 11.4 Å². The zero-order valence-electron chi connectivity index (χ0n) is 9.82. The molecule has 98 valence electrons. The van der Waals surface area contributed by atoms with E-state index in [1.54, 1.807) is 11.3 Å². The van der Waals surface area contributed by atoms with E-state index in [1.807, 2.05) is 21.7 Å². The quantitative estimate of drug-likeness (QED) is 0.765. The lowest BCUT2D eigenvalue weighted by Gasteiger charge is -2.17. The molecule has 0 fully saturated rings. The first-order valence-electron chi connectivity index (χ1n) is 5.62. The van der Waals surface area contributed by atoms with Gasteiger partial charge in [-0.25, -0.2) is 0 Å². The van der Waals surface area contributed by atoms with Crippen LogP contribution in [0.5, 0.6) is 0 Å². The lowest BCUT2D eigenvalue weighted by Crippen LogP contribution is -2.29. The number of rotatable bonds is 7. The third-order valence-corrected chi connectivity index (χ3v) is 3.12. The van der Waals surface area contributed by atoms with Crippen molar-refractivity contribution in [2.45, 2.75) is 6.54 Å². The minimum atomic E-state index is 0.0333. The topological polar surface area (TPSA) is 82.6 Å². The average molecular weight is 269 g/mol. The van der Waals surface area contributed by atoms with Crippen LogP contribution in [0.4, 0.5) is 0 Å². The average Bonchev–Trinajstić information content (AvgIpc) is 2.98. The van der Waals surface area contributed by atoms with Crippen LogP contribution in [0.1, 0.15) is 5.89 Å². The first-order chi connectivity index (χ1) is 8.83. The second kappa shape index (κ2) is 6.60. The Kier molecular flexibility index (Phi) is 4.82. The Morgan fingerprint density at radius 1 is 1.28 bits per heavy atom. The molecule has 2 aromatic rings. The van der Waals surface area contributed by atoms with Gasteiger partial charge in [0.05, 0.1) is 19.8 Å². The third kappa shape index (κ3) is 3.36. The molecule has 2 N–H and O–H groups in total. The Hall–Kier alpha value is -1.28. The molecule has 18 heavy (non-hydrogen) atoms. The van der Waals surface area contributed by atoms with E-state index >= 15 is 0 Å². The molecule has 0 amide bonds. The number of hydrogen-bond acceptors (Lipinski definition) is 7. The highest BCUT2D eigenvalue weighted by Gasteiger charge is 2.12. The second-order valence-corrected chi connectivity index (χ2v) is 4.53. The van der Waals surface area contributed by atoms with Crippen molar-refractivity contribution in [2.24, 2.45) is 0 Å². The molecular weight excluding hydrogens is 254 g/mol. The molecule has 0 aliphatic carbocycles. The molecular formula is C11H15N3O3S. The van der Waals surface area contributed by atoms with Gasteiger partial charge in [-0.1, -0.05) is 5.16 Å². The zero-order chi connectivity index (χ0) is 12.8. The van der Waals surface area contributed by atoms with E-state index in [0.717, 1.165) is 5.56 Å². The van der Waals surface area contributed by atoms with E-state index in [4.69, 9.17) is 14.7 Å². The molecule has 0 aromatic carbocycles. The lowest BCUT2D eigenvalue weighted by molar-refractivity contribution is 0.143. The molecule has 2 rings (SSSR count). The molecule has 2 heterocycles. The zero-order valence-corrected chi connectivity index (χ0v) is 10.6. The van der Waals surface area contributed by atoms with Crippen molar-refractivity contribution in [3.8, 4) is 11.4 Å². The predicted octanol–water partition coefficient (Wildman–Crippen LogP) is 0.585.